The van der Waals surface area contributed by atoms with Crippen LogP contribution in [-0.2, 0) is 0 Å². The monoisotopic (exact) mass is 413 g/mol. The van der Waals surface area contributed by atoms with Gasteiger partial charge >= 0.3 is 0 Å². The average Bonchev–Trinajstić information content (AvgIpc) is 2.72. The molecule has 0 saturated heterocycles. The lowest BCUT2D eigenvalue weighted by molar-refractivity contribution is 0.0939. The van der Waals surface area contributed by atoms with Gasteiger partial charge in [-0.15, -0.1) is 0 Å². The first-order valence-corrected chi connectivity index (χ1v) is 9.28. The molecule has 0 fully saturated rings. The number of nitrogens with one attached hydrogen (secondary N) is 1. The Hall–Kier alpha value is -3.32. The van der Waals surface area contributed by atoms with Gasteiger partial charge in [-0.1, -0.05) is 23.7 Å². The molecule has 1 amide bonds. The summed E-state index contributed by atoms with van der Waals surface area (Å²) >= 11 is 6.22. The standard InChI is InChI=1S/C21H20ClN3O4/c1-14-13-19(26)20(24-25(14)18-6-4-3-5-17(18)22)21(27)23-11-12-29-16-9-7-15(28-2)8-10-16/h3-10,13H,11-12H2,1-2H3,(H,23,27). The van der Waals surface area contributed by atoms with Crippen molar-refractivity contribution in [2.24, 2.45) is 0 Å². The molecule has 1 heterocycles. The predicted molar refractivity (Wildman–Crippen MR) is 110 cm³/mol. The van der Waals surface area contributed by atoms with Crippen LogP contribution in [0.4, 0.5) is 0 Å². The van der Waals surface area contributed by atoms with E-state index < -0.39 is 11.3 Å². The zero-order valence-corrected chi connectivity index (χ0v) is 16.8. The second-order valence-corrected chi connectivity index (χ2v) is 6.55. The highest BCUT2D eigenvalue weighted by atomic mass is 35.5. The van der Waals surface area contributed by atoms with E-state index in [-0.39, 0.29) is 18.8 Å². The first-order chi connectivity index (χ1) is 14.0. The first-order valence-electron chi connectivity index (χ1n) is 8.90. The van der Waals surface area contributed by atoms with Gasteiger partial charge in [0.2, 0.25) is 5.43 Å². The molecule has 29 heavy (non-hydrogen) atoms. The van der Waals surface area contributed by atoms with Gasteiger partial charge in [-0.3, -0.25) is 9.59 Å². The summed E-state index contributed by atoms with van der Waals surface area (Å²) in [5.74, 6) is 0.801. The average molecular weight is 414 g/mol. The number of carbonyl (C=O) groups excluding carboxylic acids is 1. The summed E-state index contributed by atoms with van der Waals surface area (Å²) < 4.78 is 12.1. The minimum absolute atomic E-state index is 0.208. The van der Waals surface area contributed by atoms with Gasteiger partial charge in [0.25, 0.3) is 5.91 Å². The molecule has 0 saturated carbocycles. The van der Waals surface area contributed by atoms with Crippen LogP contribution in [0.25, 0.3) is 5.69 Å². The first kappa shape index (κ1) is 20.4. The number of hydrogen-bond donors (Lipinski definition) is 1. The number of benzene rings is 2. The molecule has 3 aromatic rings. The quantitative estimate of drug-likeness (QED) is 0.602. The Bertz CT molecular complexity index is 1060. The van der Waals surface area contributed by atoms with Crippen molar-refractivity contribution in [2.45, 2.75) is 6.92 Å². The molecule has 2 aromatic carbocycles. The zero-order valence-electron chi connectivity index (χ0n) is 16.0. The van der Waals surface area contributed by atoms with Gasteiger partial charge < -0.3 is 14.8 Å². The number of aryl methyl sites for hydroxylation is 1. The van der Waals surface area contributed by atoms with Gasteiger partial charge in [0.1, 0.15) is 18.1 Å². The Morgan fingerprint density at radius 3 is 2.52 bits per heavy atom. The molecule has 0 radical (unpaired) electrons. The Labute approximate surface area is 172 Å². The minimum Gasteiger partial charge on any atom is -0.497 e. The minimum atomic E-state index is -0.575. The fourth-order valence-corrected chi connectivity index (χ4v) is 2.88. The third-order valence-electron chi connectivity index (χ3n) is 4.12. The highest BCUT2D eigenvalue weighted by Crippen LogP contribution is 2.20. The number of carbonyl (C=O) groups is 1. The highest BCUT2D eigenvalue weighted by Gasteiger charge is 2.16. The third-order valence-corrected chi connectivity index (χ3v) is 4.44. The number of aromatic nitrogens is 2. The summed E-state index contributed by atoms with van der Waals surface area (Å²) in [6, 6.07) is 15.5. The molecule has 0 aliphatic rings. The van der Waals surface area contributed by atoms with E-state index in [1.807, 2.05) is 0 Å². The van der Waals surface area contributed by atoms with Crippen molar-refractivity contribution in [2.75, 3.05) is 20.3 Å². The largest absolute Gasteiger partial charge is 0.497 e. The second-order valence-electron chi connectivity index (χ2n) is 6.14. The second kappa shape index (κ2) is 9.25. The van der Waals surface area contributed by atoms with Crippen LogP contribution in [-0.4, -0.2) is 35.9 Å². The molecule has 3 rings (SSSR count). The molecule has 1 N–H and O–H groups in total. The lowest BCUT2D eigenvalue weighted by atomic mass is 10.2. The number of rotatable bonds is 7. The number of nitrogens with zero attached hydrogens (tertiary/aromatic N) is 2. The van der Waals surface area contributed by atoms with Crippen LogP contribution in [0.1, 0.15) is 16.2 Å². The van der Waals surface area contributed by atoms with Crippen LogP contribution in [0.2, 0.25) is 5.02 Å². The molecular formula is C21H20ClN3O4. The maximum Gasteiger partial charge on any atom is 0.275 e. The van der Waals surface area contributed by atoms with Crippen molar-refractivity contribution in [3.63, 3.8) is 0 Å². The number of para-hydroxylation sites is 1. The molecule has 0 unspecified atom stereocenters. The van der Waals surface area contributed by atoms with Gasteiger partial charge in [0.05, 0.1) is 24.4 Å². The maximum atomic E-state index is 12.4. The maximum absolute atomic E-state index is 12.4. The van der Waals surface area contributed by atoms with Crippen molar-refractivity contribution in [3.8, 4) is 17.2 Å². The van der Waals surface area contributed by atoms with E-state index in [1.54, 1.807) is 62.6 Å². The van der Waals surface area contributed by atoms with Crippen LogP contribution < -0.4 is 20.2 Å². The van der Waals surface area contributed by atoms with Crippen molar-refractivity contribution in [1.82, 2.24) is 15.1 Å². The smallest absolute Gasteiger partial charge is 0.275 e. The van der Waals surface area contributed by atoms with E-state index in [4.69, 9.17) is 21.1 Å². The van der Waals surface area contributed by atoms with Gasteiger partial charge in [-0.2, -0.15) is 5.10 Å². The van der Waals surface area contributed by atoms with Crippen molar-refractivity contribution in [1.29, 1.82) is 0 Å². The fraction of sp³-hybridized carbons (Fsp3) is 0.190. The number of methoxy groups -OCH3 is 1. The normalized spacial score (nSPS) is 10.4. The number of hydrogen-bond acceptors (Lipinski definition) is 5. The molecule has 7 nitrogen and oxygen atoms in total. The van der Waals surface area contributed by atoms with Crippen LogP contribution in [0.3, 0.4) is 0 Å². The van der Waals surface area contributed by atoms with Gasteiger partial charge in [0, 0.05) is 11.8 Å². The SMILES string of the molecule is COc1ccc(OCCNC(=O)c2nn(-c3ccccc3Cl)c(C)cc2=O)cc1. The van der Waals surface area contributed by atoms with Crippen LogP contribution in [0, 0.1) is 6.92 Å². The van der Waals surface area contributed by atoms with Gasteiger partial charge in [-0.05, 0) is 43.3 Å². The molecular weight excluding hydrogens is 394 g/mol. The molecule has 150 valence electrons. The van der Waals surface area contributed by atoms with Gasteiger partial charge in [-0.25, -0.2) is 4.68 Å². The zero-order chi connectivity index (χ0) is 20.8. The van der Waals surface area contributed by atoms with Crippen molar-refractivity contribution in [3.05, 3.63) is 81.2 Å². The summed E-state index contributed by atoms with van der Waals surface area (Å²) in [6.45, 7) is 2.18. The summed E-state index contributed by atoms with van der Waals surface area (Å²) in [5.41, 5.74) is 0.491. The number of amides is 1. The Morgan fingerprint density at radius 1 is 1.14 bits per heavy atom. The van der Waals surface area contributed by atoms with Crippen LogP contribution in [0.5, 0.6) is 11.5 Å². The Morgan fingerprint density at radius 2 is 1.83 bits per heavy atom. The van der Waals surface area contributed by atoms with E-state index in [2.05, 4.69) is 10.4 Å². The molecule has 0 aliphatic carbocycles. The van der Waals surface area contributed by atoms with Crippen LogP contribution in [0.15, 0.2) is 59.4 Å². The van der Waals surface area contributed by atoms with E-state index in [0.717, 1.165) is 5.75 Å². The molecule has 0 atom stereocenters. The molecule has 0 bridgehead atoms. The number of halogens is 1. The van der Waals surface area contributed by atoms with E-state index in [9.17, 15) is 9.59 Å². The third kappa shape index (κ3) is 4.94. The van der Waals surface area contributed by atoms with E-state index in [0.29, 0.717) is 22.2 Å². The summed E-state index contributed by atoms with van der Waals surface area (Å²) in [4.78, 5) is 24.7. The molecule has 1 aromatic heterocycles. The van der Waals surface area contributed by atoms with E-state index in [1.165, 1.54) is 10.7 Å². The highest BCUT2D eigenvalue weighted by molar-refractivity contribution is 6.32. The van der Waals surface area contributed by atoms with Crippen LogP contribution >= 0.6 is 11.6 Å². The predicted octanol–water partition coefficient (Wildman–Crippen LogP) is 3.01. The molecule has 0 spiro atoms. The molecule has 8 heteroatoms. The summed E-state index contributed by atoms with van der Waals surface area (Å²) in [5, 5.41) is 7.32. The topological polar surface area (TPSA) is 82.4 Å². The molecule has 0 aliphatic heterocycles. The van der Waals surface area contributed by atoms with Crippen molar-refractivity contribution < 1.29 is 14.3 Å². The summed E-state index contributed by atoms with van der Waals surface area (Å²) in [6.07, 6.45) is 0. The Kier molecular flexibility index (Phi) is 6.51. The summed E-state index contributed by atoms with van der Waals surface area (Å²) in [7, 11) is 1.59. The lowest BCUT2D eigenvalue weighted by Crippen LogP contribution is -2.34. The Balaban J connectivity index is 1.66. The fourth-order valence-electron chi connectivity index (χ4n) is 2.66. The van der Waals surface area contributed by atoms with Crippen molar-refractivity contribution >= 4 is 17.5 Å². The lowest BCUT2D eigenvalue weighted by Gasteiger charge is -2.13. The van der Waals surface area contributed by atoms with Gasteiger partial charge in [0.15, 0.2) is 5.69 Å². The van der Waals surface area contributed by atoms with E-state index >= 15 is 0 Å². The number of ether oxygens (including phenoxy) is 2.